The van der Waals surface area contributed by atoms with Crippen LogP contribution in [0.4, 0.5) is 5.69 Å². The van der Waals surface area contributed by atoms with Crippen LogP contribution in [0.2, 0.25) is 5.02 Å². The van der Waals surface area contributed by atoms with Gasteiger partial charge in [-0.3, -0.25) is 0 Å². The number of benzene rings is 1. The molecule has 1 aliphatic rings. The molecule has 1 N–H and O–H groups in total. The van der Waals surface area contributed by atoms with Crippen LogP contribution in [0.5, 0.6) is 0 Å². The van der Waals surface area contributed by atoms with Gasteiger partial charge in [0.15, 0.2) is 0 Å². The molecule has 0 unspecified atom stereocenters. The van der Waals surface area contributed by atoms with Gasteiger partial charge in [0.25, 0.3) is 0 Å². The molecule has 1 atom stereocenters. The van der Waals surface area contributed by atoms with E-state index in [9.17, 15) is 0 Å². The maximum absolute atomic E-state index is 6.14. The van der Waals surface area contributed by atoms with Gasteiger partial charge in [0.1, 0.15) is 0 Å². The van der Waals surface area contributed by atoms with E-state index in [1.54, 1.807) is 0 Å². The lowest BCUT2D eigenvalue weighted by molar-refractivity contribution is 0.813. The fraction of sp³-hybridized carbons (Fsp3) is 0.455. The molecule has 1 heterocycles. The third kappa shape index (κ3) is 2.37. The number of anilines is 1. The summed E-state index contributed by atoms with van der Waals surface area (Å²) in [7, 11) is 0. The van der Waals surface area contributed by atoms with E-state index >= 15 is 0 Å². The lowest BCUT2D eigenvalue weighted by Crippen LogP contribution is -2.18. The number of halogens is 1. The van der Waals surface area contributed by atoms with Crippen molar-refractivity contribution in [2.24, 2.45) is 0 Å². The highest BCUT2D eigenvalue weighted by atomic mass is 35.5. The zero-order valence-electron chi connectivity index (χ0n) is 8.22. The number of rotatable bonds is 2. The van der Waals surface area contributed by atoms with Crippen molar-refractivity contribution in [2.45, 2.75) is 19.4 Å². The summed E-state index contributed by atoms with van der Waals surface area (Å²) in [5.41, 5.74) is 2.28. The molecule has 0 spiro atoms. The smallest absolute Gasteiger partial charge is 0.0640 e. The average Bonchev–Trinajstić information content (AvgIpc) is 2.62. The number of hydrogen-bond acceptors (Lipinski definition) is 2. The van der Waals surface area contributed by atoms with E-state index in [1.165, 1.54) is 23.5 Å². The molecule has 76 valence electrons. The van der Waals surface area contributed by atoms with Crippen molar-refractivity contribution in [3.63, 3.8) is 0 Å². The summed E-state index contributed by atoms with van der Waals surface area (Å²) >= 11 is 8.14. The molecular formula is C11H14ClNS. The van der Waals surface area contributed by atoms with E-state index in [1.807, 2.05) is 17.8 Å². The van der Waals surface area contributed by atoms with Crippen LogP contribution in [-0.4, -0.2) is 17.5 Å². The maximum atomic E-state index is 6.14. The molecule has 0 aliphatic carbocycles. The van der Waals surface area contributed by atoms with Gasteiger partial charge in [-0.25, -0.2) is 0 Å². The summed E-state index contributed by atoms with van der Waals surface area (Å²) in [5.74, 6) is 2.46. The van der Waals surface area contributed by atoms with Crippen LogP contribution in [0, 0.1) is 6.92 Å². The Balaban J connectivity index is 2.08. The van der Waals surface area contributed by atoms with Crippen molar-refractivity contribution in [2.75, 3.05) is 16.8 Å². The minimum absolute atomic E-state index is 0.597. The normalized spacial score (nSPS) is 21.1. The van der Waals surface area contributed by atoms with Crippen molar-refractivity contribution in [3.05, 3.63) is 28.8 Å². The Hall–Kier alpha value is -0.340. The molecule has 2 rings (SSSR count). The van der Waals surface area contributed by atoms with Crippen molar-refractivity contribution in [1.82, 2.24) is 0 Å². The lowest BCUT2D eigenvalue weighted by atomic mass is 10.2. The summed E-state index contributed by atoms with van der Waals surface area (Å²) < 4.78 is 0. The number of nitrogens with one attached hydrogen (secondary N) is 1. The van der Waals surface area contributed by atoms with Gasteiger partial charge in [-0.05, 0) is 36.8 Å². The van der Waals surface area contributed by atoms with Crippen LogP contribution >= 0.6 is 23.4 Å². The van der Waals surface area contributed by atoms with E-state index in [-0.39, 0.29) is 0 Å². The Morgan fingerprint density at radius 3 is 3.00 bits per heavy atom. The van der Waals surface area contributed by atoms with E-state index in [4.69, 9.17) is 11.6 Å². The predicted octanol–water partition coefficient (Wildman–Crippen LogP) is 3.57. The van der Waals surface area contributed by atoms with E-state index in [2.05, 4.69) is 24.4 Å². The SMILES string of the molecule is Cc1ccc(N[C@@H]2CCSC2)c(Cl)c1. The Kier molecular flexibility index (Phi) is 3.24. The first-order valence-corrected chi connectivity index (χ1v) is 6.39. The second-order valence-corrected chi connectivity index (χ2v) is 5.25. The summed E-state index contributed by atoms with van der Waals surface area (Å²) in [5, 5.41) is 4.32. The largest absolute Gasteiger partial charge is 0.380 e. The summed E-state index contributed by atoms with van der Waals surface area (Å²) in [4.78, 5) is 0. The number of hydrogen-bond donors (Lipinski definition) is 1. The molecule has 0 bridgehead atoms. The van der Waals surface area contributed by atoms with Gasteiger partial charge >= 0.3 is 0 Å². The Morgan fingerprint density at radius 2 is 2.36 bits per heavy atom. The molecule has 1 saturated heterocycles. The van der Waals surface area contributed by atoms with Gasteiger partial charge in [0.05, 0.1) is 10.7 Å². The van der Waals surface area contributed by atoms with Gasteiger partial charge in [-0.2, -0.15) is 11.8 Å². The molecule has 0 radical (unpaired) electrons. The zero-order chi connectivity index (χ0) is 9.97. The molecule has 14 heavy (non-hydrogen) atoms. The standard InChI is InChI=1S/C11H14ClNS/c1-8-2-3-11(10(12)6-8)13-9-4-5-14-7-9/h2-3,6,9,13H,4-5,7H2,1H3/t9-/m1/s1. The maximum Gasteiger partial charge on any atom is 0.0640 e. The fourth-order valence-electron chi connectivity index (χ4n) is 1.61. The minimum Gasteiger partial charge on any atom is -0.380 e. The van der Waals surface area contributed by atoms with Crippen LogP contribution in [0.3, 0.4) is 0 Å². The third-order valence-corrected chi connectivity index (χ3v) is 3.89. The highest BCUT2D eigenvalue weighted by Gasteiger charge is 2.15. The molecule has 1 fully saturated rings. The summed E-state index contributed by atoms with van der Waals surface area (Å²) in [6, 6.07) is 6.77. The predicted molar refractivity (Wildman–Crippen MR) is 65.5 cm³/mol. The number of thioether (sulfide) groups is 1. The van der Waals surface area contributed by atoms with Gasteiger partial charge in [0, 0.05) is 11.8 Å². The van der Waals surface area contributed by atoms with Crippen LogP contribution in [0.1, 0.15) is 12.0 Å². The fourth-order valence-corrected chi connectivity index (χ4v) is 3.05. The highest BCUT2D eigenvalue weighted by Crippen LogP contribution is 2.27. The van der Waals surface area contributed by atoms with E-state index in [0.29, 0.717) is 6.04 Å². The van der Waals surface area contributed by atoms with Gasteiger partial charge in [0.2, 0.25) is 0 Å². The third-order valence-electron chi connectivity index (χ3n) is 2.41. The lowest BCUT2D eigenvalue weighted by Gasteiger charge is -2.14. The van der Waals surface area contributed by atoms with Crippen molar-refractivity contribution < 1.29 is 0 Å². The van der Waals surface area contributed by atoms with Crippen molar-refractivity contribution in [3.8, 4) is 0 Å². The molecule has 0 saturated carbocycles. The molecule has 0 amide bonds. The highest BCUT2D eigenvalue weighted by molar-refractivity contribution is 7.99. The first-order valence-electron chi connectivity index (χ1n) is 4.86. The topological polar surface area (TPSA) is 12.0 Å². The van der Waals surface area contributed by atoms with Gasteiger partial charge in [-0.1, -0.05) is 17.7 Å². The molecule has 1 aromatic carbocycles. The van der Waals surface area contributed by atoms with Gasteiger partial charge in [-0.15, -0.1) is 0 Å². The first-order chi connectivity index (χ1) is 6.75. The van der Waals surface area contributed by atoms with Crippen LogP contribution in [0.15, 0.2) is 18.2 Å². The second kappa shape index (κ2) is 4.45. The van der Waals surface area contributed by atoms with E-state index < -0.39 is 0 Å². The molecule has 1 nitrogen and oxygen atoms in total. The number of aryl methyl sites for hydroxylation is 1. The monoisotopic (exact) mass is 227 g/mol. The molecule has 1 aromatic rings. The molecular weight excluding hydrogens is 214 g/mol. The van der Waals surface area contributed by atoms with Crippen LogP contribution in [-0.2, 0) is 0 Å². The second-order valence-electron chi connectivity index (χ2n) is 3.69. The molecule has 3 heteroatoms. The molecule has 1 aliphatic heterocycles. The van der Waals surface area contributed by atoms with E-state index in [0.717, 1.165) is 10.7 Å². The van der Waals surface area contributed by atoms with Gasteiger partial charge < -0.3 is 5.32 Å². The quantitative estimate of drug-likeness (QED) is 0.829. The average molecular weight is 228 g/mol. The minimum atomic E-state index is 0.597. The Bertz CT molecular complexity index is 321. The zero-order valence-corrected chi connectivity index (χ0v) is 9.79. The Labute approximate surface area is 94.2 Å². The Morgan fingerprint density at radius 1 is 1.50 bits per heavy atom. The summed E-state index contributed by atoms with van der Waals surface area (Å²) in [6.45, 7) is 2.06. The van der Waals surface area contributed by atoms with Crippen LogP contribution in [0.25, 0.3) is 0 Å². The molecule has 0 aromatic heterocycles. The first kappa shape index (κ1) is 10.2. The summed E-state index contributed by atoms with van der Waals surface area (Å²) in [6.07, 6.45) is 1.24. The van der Waals surface area contributed by atoms with Crippen molar-refractivity contribution >= 4 is 29.1 Å². The van der Waals surface area contributed by atoms with Crippen molar-refractivity contribution in [1.29, 1.82) is 0 Å². The van der Waals surface area contributed by atoms with Crippen LogP contribution < -0.4 is 5.32 Å².